The number of carbonyl (C=O) groups is 1. The average Bonchev–Trinajstić information content (AvgIpc) is 2.78. The van der Waals surface area contributed by atoms with Gasteiger partial charge >= 0.3 is 0 Å². The number of aryl methyl sites for hydroxylation is 2. The Kier molecular flexibility index (Phi) is 3.88. The van der Waals surface area contributed by atoms with E-state index >= 15 is 0 Å². The highest BCUT2D eigenvalue weighted by Crippen LogP contribution is 2.22. The second kappa shape index (κ2) is 5.24. The first kappa shape index (κ1) is 13.3. The van der Waals surface area contributed by atoms with Gasteiger partial charge in [0, 0.05) is 36.0 Å². The molecule has 0 atom stereocenters. The van der Waals surface area contributed by atoms with Gasteiger partial charge < -0.3 is 0 Å². The van der Waals surface area contributed by atoms with Crippen molar-refractivity contribution in [1.29, 1.82) is 0 Å². The molecule has 2 heterocycles. The molecular weight excluding hydrogens is 268 g/mol. The summed E-state index contributed by atoms with van der Waals surface area (Å²) in [5.74, 6) is 0.202. The van der Waals surface area contributed by atoms with Crippen LogP contribution in [0.15, 0.2) is 12.1 Å². The highest BCUT2D eigenvalue weighted by molar-refractivity contribution is 7.16. The maximum Gasteiger partial charge on any atom is 0.142 e. The maximum absolute atomic E-state index is 12.0. The minimum Gasteiger partial charge on any atom is -0.299 e. The van der Waals surface area contributed by atoms with Crippen molar-refractivity contribution in [2.75, 3.05) is 0 Å². The van der Waals surface area contributed by atoms with Gasteiger partial charge in [0.25, 0.3) is 0 Å². The van der Waals surface area contributed by atoms with E-state index in [1.54, 1.807) is 0 Å². The third kappa shape index (κ3) is 2.82. The average molecular weight is 283 g/mol. The Morgan fingerprint density at radius 1 is 1.39 bits per heavy atom. The molecule has 0 bridgehead atoms. The number of ketones is 1. The van der Waals surface area contributed by atoms with Crippen LogP contribution in [0.4, 0.5) is 0 Å². The second-order valence-corrected chi connectivity index (χ2v) is 6.17. The second-order valence-electron chi connectivity index (χ2n) is 4.37. The van der Waals surface area contributed by atoms with Gasteiger partial charge in [0.15, 0.2) is 0 Å². The lowest BCUT2D eigenvalue weighted by molar-refractivity contribution is -0.117. The number of hydrogen-bond donors (Lipinski definition) is 0. The third-order valence-corrected chi connectivity index (χ3v) is 4.26. The van der Waals surface area contributed by atoms with Crippen LogP contribution in [0.1, 0.15) is 21.8 Å². The van der Waals surface area contributed by atoms with Crippen molar-refractivity contribution in [3.8, 4) is 0 Å². The molecule has 0 saturated heterocycles. The summed E-state index contributed by atoms with van der Waals surface area (Å²) >= 11 is 7.32. The number of nitrogens with zero attached hydrogens (tertiary/aromatic N) is 2. The lowest BCUT2D eigenvalue weighted by Crippen LogP contribution is -2.07. The Bertz CT molecular complexity index is 586. The van der Waals surface area contributed by atoms with Crippen LogP contribution in [0.2, 0.25) is 4.34 Å². The van der Waals surface area contributed by atoms with Crippen LogP contribution in [0.25, 0.3) is 0 Å². The zero-order valence-electron chi connectivity index (χ0n) is 10.7. The number of rotatable bonds is 4. The molecule has 0 spiro atoms. The van der Waals surface area contributed by atoms with Gasteiger partial charge in [-0.2, -0.15) is 5.10 Å². The summed E-state index contributed by atoms with van der Waals surface area (Å²) in [6.45, 7) is 3.93. The lowest BCUT2D eigenvalue weighted by Gasteiger charge is -2.01. The van der Waals surface area contributed by atoms with Crippen LogP contribution in [0, 0.1) is 13.8 Å². The number of carbonyl (C=O) groups excluding carboxylic acids is 1. The fourth-order valence-corrected chi connectivity index (χ4v) is 3.09. The highest BCUT2D eigenvalue weighted by Gasteiger charge is 2.14. The topological polar surface area (TPSA) is 34.9 Å². The summed E-state index contributed by atoms with van der Waals surface area (Å²) in [5.41, 5.74) is 3.04. The van der Waals surface area contributed by atoms with Gasteiger partial charge in [-0.05, 0) is 26.0 Å². The van der Waals surface area contributed by atoms with Gasteiger partial charge in [0.05, 0.1) is 10.0 Å². The molecule has 0 aliphatic rings. The van der Waals surface area contributed by atoms with Crippen molar-refractivity contribution < 1.29 is 4.79 Å². The predicted molar refractivity (Wildman–Crippen MR) is 74.4 cm³/mol. The fraction of sp³-hybridized carbons (Fsp3) is 0.385. The normalized spacial score (nSPS) is 10.9. The number of aromatic nitrogens is 2. The van der Waals surface area contributed by atoms with Crippen LogP contribution >= 0.6 is 22.9 Å². The number of hydrogen-bond acceptors (Lipinski definition) is 3. The number of halogens is 1. The Balaban J connectivity index is 2.07. The van der Waals surface area contributed by atoms with Crippen molar-refractivity contribution in [1.82, 2.24) is 9.78 Å². The highest BCUT2D eigenvalue weighted by atomic mass is 35.5. The van der Waals surface area contributed by atoms with Gasteiger partial charge in [-0.1, -0.05) is 11.6 Å². The minimum atomic E-state index is 0.202. The van der Waals surface area contributed by atoms with E-state index in [0.717, 1.165) is 26.2 Å². The summed E-state index contributed by atoms with van der Waals surface area (Å²) in [7, 11) is 1.90. The van der Waals surface area contributed by atoms with E-state index in [1.807, 2.05) is 37.7 Å². The Hall–Kier alpha value is -1.13. The summed E-state index contributed by atoms with van der Waals surface area (Å²) in [4.78, 5) is 13.0. The molecule has 96 valence electrons. The first-order valence-corrected chi connectivity index (χ1v) is 6.92. The quantitative estimate of drug-likeness (QED) is 0.864. The molecule has 18 heavy (non-hydrogen) atoms. The van der Waals surface area contributed by atoms with Gasteiger partial charge in [-0.15, -0.1) is 11.3 Å². The van der Waals surface area contributed by atoms with E-state index in [2.05, 4.69) is 5.10 Å². The molecule has 3 nitrogen and oxygen atoms in total. The van der Waals surface area contributed by atoms with E-state index in [9.17, 15) is 4.79 Å². The minimum absolute atomic E-state index is 0.202. The Morgan fingerprint density at radius 2 is 2.11 bits per heavy atom. The monoisotopic (exact) mass is 282 g/mol. The summed E-state index contributed by atoms with van der Waals surface area (Å²) in [6, 6.07) is 3.74. The molecule has 0 aliphatic heterocycles. The number of thiophene rings is 1. The molecule has 0 saturated carbocycles. The molecule has 0 aromatic carbocycles. The standard InChI is InChI=1S/C13H15ClN2OS/c1-8-12(9(2)16(3)15-8)7-10(17)6-11-4-5-13(14)18-11/h4-5H,6-7H2,1-3H3. The molecule has 0 fully saturated rings. The summed E-state index contributed by atoms with van der Waals surface area (Å²) in [5, 5.41) is 4.32. The van der Waals surface area contributed by atoms with Gasteiger partial charge in [-0.25, -0.2) is 0 Å². The summed E-state index contributed by atoms with van der Waals surface area (Å²) < 4.78 is 2.55. The molecule has 2 aromatic heterocycles. The molecule has 0 N–H and O–H groups in total. The molecule has 0 unspecified atom stereocenters. The van der Waals surface area contributed by atoms with Crippen LogP contribution in [0.3, 0.4) is 0 Å². The van der Waals surface area contributed by atoms with Gasteiger partial charge in [-0.3, -0.25) is 9.48 Å². The molecule has 2 rings (SSSR count). The molecular formula is C13H15ClN2OS. The van der Waals surface area contributed by atoms with Gasteiger partial charge in [0.2, 0.25) is 0 Å². The Morgan fingerprint density at radius 3 is 2.61 bits per heavy atom. The maximum atomic E-state index is 12.0. The van der Waals surface area contributed by atoms with Crippen molar-refractivity contribution >= 4 is 28.7 Å². The molecule has 5 heteroatoms. The smallest absolute Gasteiger partial charge is 0.142 e. The Labute approximate surface area is 115 Å². The largest absolute Gasteiger partial charge is 0.299 e. The molecule has 0 aliphatic carbocycles. The van der Waals surface area contributed by atoms with E-state index in [0.29, 0.717) is 12.8 Å². The first-order valence-electron chi connectivity index (χ1n) is 5.72. The third-order valence-electron chi connectivity index (χ3n) is 3.03. The first-order chi connectivity index (χ1) is 8.47. The van der Waals surface area contributed by atoms with E-state index in [1.165, 1.54) is 11.3 Å². The van der Waals surface area contributed by atoms with E-state index < -0.39 is 0 Å². The molecule has 2 aromatic rings. The van der Waals surface area contributed by atoms with Gasteiger partial charge in [0.1, 0.15) is 5.78 Å². The molecule has 0 radical (unpaired) electrons. The molecule has 0 amide bonds. The van der Waals surface area contributed by atoms with Crippen molar-refractivity contribution in [2.24, 2.45) is 7.05 Å². The van der Waals surface area contributed by atoms with Crippen molar-refractivity contribution in [3.63, 3.8) is 0 Å². The van der Waals surface area contributed by atoms with Crippen LogP contribution in [-0.2, 0) is 24.7 Å². The van der Waals surface area contributed by atoms with Crippen molar-refractivity contribution in [3.05, 3.63) is 38.3 Å². The van der Waals surface area contributed by atoms with Crippen LogP contribution in [-0.4, -0.2) is 15.6 Å². The van der Waals surface area contributed by atoms with E-state index in [4.69, 9.17) is 11.6 Å². The van der Waals surface area contributed by atoms with Crippen LogP contribution < -0.4 is 0 Å². The summed E-state index contributed by atoms with van der Waals surface area (Å²) in [6.07, 6.45) is 0.895. The lowest BCUT2D eigenvalue weighted by atomic mass is 10.0. The zero-order valence-corrected chi connectivity index (χ0v) is 12.2. The zero-order chi connectivity index (χ0) is 13.3. The SMILES string of the molecule is Cc1nn(C)c(C)c1CC(=O)Cc1ccc(Cl)s1. The van der Waals surface area contributed by atoms with E-state index in [-0.39, 0.29) is 5.78 Å². The van der Waals surface area contributed by atoms with Crippen molar-refractivity contribution in [2.45, 2.75) is 26.7 Å². The van der Waals surface area contributed by atoms with Crippen LogP contribution in [0.5, 0.6) is 0 Å². The number of Topliss-reactive ketones (excluding diaryl/α,β-unsaturated/α-hetero) is 1. The predicted octanol–water partition coefficient (Wildman–Crippen LogP) is 3.11. The fourth-order valence-electron chi connectivity index (χ4n) is 1.97.